The highest BCUT2D eigenvalue weighted by Gasteiger charge is 2.36. The Hall–Kier alpha value is -3.30. The summed E-state index contributed by atoms with van der Waals surface area (Å²) in [6.07, 6.45) is 3.43. The van der Waals surface area contributed by atoms with E-state index in [1.165, 1.54) is 23.5 Å². The van der Waals surface area contributed by atoms with Crippen molar-refractivity contribution >= 4 is 34.5 Å². The molecular weight excluding hydrogens is 465 g/mol. The van der Waals surface area contributed by atoms with E-state index < -0.39 is 0 Å². The van der Waals surface area contributed by atoms with Crippen LogP contribution in [0.2, 0.25) is 0 Å². The molecule has 35 heavy (non-hydrogen) atoms. The fourth-order valence-corrected chi connectivity index (χ4v) is 5.84. The zero-order valence-electron chi connectivity index (χ0n) is 19.2. The first kappa shape index (κ1) is 22.2. The fourth-order valence-electron chi connectivity index (χ4n) is 5.23. The molecule has 6 rings (SSSR count). The van der Waals surface area contributed by atoms with Crippen molar-refractivity contribution in [3.63, 3.8) is 0 Å². The molecule has 0 saturated carbocycles. The van der Waals surface area contributed by atoms with Gasteiger partial charge in [-0.2, -0.15) is 0 Å². The highest BCUT2D eigenvalue weighted by Crippen LogP contribution is 2.35. The zero-order chi connectivity index (χ0) is 23.9. The Morgan fingerprint density at radius 1 is 0.971 bits per heavy atom. The highest BCUT2D eigenvalue weighted by atomic mass is 32.1. The summed E-state index contributed by atoms with van der Waals surface area (Å²) >= 11 is 1.37. The number of nitrogens with one attached hydrogen (secondary N) is 1. The highest BCUT2D eigenvalue weighted by molar-refractivity contribution is 7.11. The number of anilines is 2. The molecule has 2 amide bonds. The first-order valence-corrected chi connectivity index (χ1v) is 12.8. The minimum absolute atomic E-state index is 0.00400. The minimum Gasteiger partial charge on any atom is -0.341 e. The van der Waals surface area contributed by atoms with Gasteiger partial charge in [0.25, 0.3) is 11.8 Å². The number of carbonyl (C=O) groups excluding carboxylic acids is 2. The number of carbonyl (C=O) groups is 2. The second-order valence-corrected chi connectivity index (χ2v) is 10.3. The molecule has 2 aromatic carbocycles. The normalized spacial score (nSPS) is 19.7. The van der Waals surface area contributed by atoms with Gasteiger partial charge < -0.3 is 20.0 Å². The van der Waals surface area contributed by atoms with Crippen LogP contribution in [0.25, 0.3) is 0 Å². The molecule has 0 spiro atoms. The van der Waals surface area contributed by atoms with Crippen LogP contribution in [-0.4, -0.2) is 71.4 Å². The molecule has 3 aliphatic rings. The molecule has 0 bridgehead atoms. The Bertz CT molecular complexity index is 1240. The molecule has 180 valence electrons. The van der Waals surface area contributed by atoms with Gasteiger partial charge in [-0.25, -0.2) is 9.37 Å². The number of thiazole rings is 1. The largest absolute Gasteiger partial charge is 0.341 e. The number of aromatic nitrogens is 1. The standard InChI is InChI=1S/C26H26FN5O2S/c27-19-2-4-22(5-3-19)32-11-7-17-13-18(1-6-23(17)32)25(33)31-15-21(16-31)29-20-8-10-30(14-20)26(34)24-28-9-12-35-24/h1-6,9,12-13,20-21,29H,7-8,10-11,14-16H2/t20-/m0/s1. The van der Waals surface area contributed by atoms with Crippen molar-refractivity contribution in [2.45, 2.75) is 24.9 Å². The molecule has 3 aliphatic heterocycles. The van der Waals surface area contributed by atoms with Crippen LogP contribution in [0.1, 0.15) is 32.1 Å². The molecule has 4 heterocycles. The maximum atomic E-state index is 13.3. The number of nitrogens with zero attached hydrogens (tertiary/aromatic N) is 4. The molecule has 0 aliphatic carbocycles. The third kappa shape index (κ3) is 4.30. The molecule has 3 aromatic rings. The Kier molecular flexibility index (Phi) is 5.74. The number of benzene rings is 2. The maximum Gasteiger partial charge on any atom is 0.282 e. The van der Waals surface area contributed by atoms with Gasteiger partial charge in [0.05, 0.1) is 0 Å². The number of likely N-dealkylation sites (tertiary alicyclic amines) is 2. The summed E-state index contributed by atoms with van der Waals surface area (Å²) in [4.78, 5) is 35.6. The van der Waals surface area contributed by atoms with Crippen LogP contribution in [0.4, 0.5) is 15.8 Å². The van der Waals surface area contributed by atoms with Crippen LogP contribution < -0.4 is 10.2 Å². The number of halogens is 1. The third-order valence-electron chi connectivity index (χ3n) is 7.09. The van der Waals surface area contributed by atoms with Gasteiger partial charge in [0, 0.05) is 73.3 Å². The second kappa shape index (κ2) is 9.05. The van der Waals surface area contributed by atoms with Crippen molar-refractivity contribution in [3.05, 3.63) is 76.0 Å². The van der Waals surface area contributed by atoms with Gasteiger partial charge in [-0.05, 0) is 60.9 Å². The first-order valence-electron chi connectivity index (χ1n) is 12.0. The molecular formula is C26H26FN5O2S. The Balaban J connectivity index is 1.02. The van der Waals surface area contributed by atoms with E-state index in [1.807, 2.05) is 33.4 Å². The molecule has 0 unspecified atom stereocenters. The van der Waals surface area contributed by atoms with E-state index in [4.69, 9.17) is 0 Å². The summed E-state index contributed by atoms with van der Waals surface area (Å²) in [5.74, 6) is -0.187. The molecule has 0 radical (unpaired) electrons. The van der Waals surface area contributed by atoms with Gasteiger partial charge in [-0.3, -0.25) is 9.59 Å². The Labute approximate surface area is 207 Å². The van der Waals surface area contributed by atoms with E-state index in [0.717, 1.165) is 42.9 Å². The molecule has 1 N–H and O–H groups in total. The summed E-state index contributed by atoms with van der Waals surface area (Å²) < 4.78 is 13.3. The summed E-state index contributed by atoms with van der Waals surface area (Å²) in [5, 5.41) is 5.98. The lowest BCUT2D eigenvalue weighted by atomic mass is 10.0. The van der Waals surface area contributed by atoms with Gasteiger partial charge in [0.2, 0.25) is 0 Å². The topological polar surface area (TPSA) is 68.8 Å². The lowest BCUT2D eigenvalue weighted by molar-refractivity contribution is 0.0552. The van der Waals surface area contributed by atoms with Crippen LogP contribution in [0.5, 0.6) is 0 Å². The predicted octanol–water partition coefficient (Wildman–Crippen LogP) is 3.31. The van der Waals surface area contributed by atoms with Crippen LogP contribution in [0.15, 0.2) is 54.0 Å². The van der Waals surface area contributed by atoms with E-state index in [2.05, 4.69) is 15.2 Å². The van der Waals surface area contributed by atoms with Crippen molar-refractivity contribution in [2.75, 3.05) is 37.6 Å². The maximum absolute atomic E-state index is 13.3. The van der Waals surface area contributed by atoms with E-state index in [1.54, 1.807) is 18.3 Å². The lowest BCUT2D eigenvalue weighted by Gasteiger charge is -2.41. The van der Waals surface area contributed by atoms with Crippen molar-refractivity contribution in [1.29, 1.82) is 0 Å². The summed E-state index contributed by atoms with van der Waals surface area (Å²) in [5.41, 5.74) is 3.89. The smallest absolute Gasteiger partial charge is 0.282 e. The van der Waals surface area contributed by atoms with Crippen LogP contribution in [0, 0.1) is 5.82 Å². The second-order valence-electron chi connectivity index (χ2n) is 9.37. The molecule has 7 nitrogen and oxygen atoms in total. The molecule has 1 aromatic heterocycles. The Morgan fingerprint density at radius 2 is 1.77 bits per heavy atom. The van der Waals surface area contributed by atoms with Gasteiger partial charge in [0.1, 0.15) is 5.82 Å². The summed E-state index contributed by atoms with van der Waals surface area (Å²) in [6, 6.07) is 12.9. The van der Waals surface area contributed by atoms with Crippen LogP contribution in [-0.2, 0) is 6.42 Å². The van der Waals surface area contributed by atoms with Crippen molar-refractivity contribution in [1.82, 2.24) is 20.1 Å². The lowest BCUT2D eigenvalue weighted by Crippen LogP contribution is -2.62. The van der Waals surface area contributed by atoms with Crippen molar-refractivity contribution < 1.29 is 14.0 Å². The molecule has 2 saturated heterocycles. The number of amides is 2. The fraction of sp³-hybridized carbons (Fsp3) is 0.346. The molecule has 2 fully saturated rings. The van der Waals surface area contributed by atoms with Crippen LogP contribution in [0.3, 0.4) is 0 Å². The minimum atomic E-state index is -0.245. The zero-order valence-corrected chi connectivity index (χ0v) is 20.0. The number of fused-ring (bicyclic) bond motifs is 1. The predicted molar refractivity (Wildman–Crippen MR) is 133 cm³/mol. The van der Waals surface area contributed by atoms with E-state index in [9.17, 15) is 14.0 Å². The van der Waals surface area contributed by atoms with Gasteiger partial charge in [-0.1, -0.05) is 0 Å². The molecule has 9 heteroatoms. The SMILES string of the molecule is O=C(c1ccc2c(c1)CCN2c1ccc(F)cc1)N1CC(N[C@H]2CCN(C(=O)c3nccs3)C2)C1. The van der Waals surface area contributed by atoms with Gasteiger partial charge in [0.15, 0.2) is 5.01 Å². The van der Waals surface area contributed by atoms with Gasteiger partial charge in [-0.15, -0.1) is 11.3 Å². The summed E-state index contributed by atoms with van der Waals surface area (Å²) in [6.45, 7) is 3.58. The quantitative estimate of drug-likeness (QED) is 0.593. The van der Waals surface area contributed by atoms with Crippen molar-refractivity contribution in [3.8, 4) is 0 Å². The first-order chi connectivity index (χ1) is 17.0. The van der Waals surface area contributed by atoms with E-state index in [-0.39, 0.29) is 29.7 Å². The number of hydrogen-bond donors (Lipinski definition) is 1. The third-order valence-corrected chi connectivity index (χ3v) is 7.85. The van der Waals surface area contributed by atoms with Crippen molar-refractivity contribution in [2.24, 2.45) is 0 Å². The average Bonchev–Trinajstić information content (AvgIpc) is 3.61. The number of hydrogen-bond acceptors (Lipinski definition) is 6. The average molecular weight is 492 g/mol. The molecule has 1 atom stereocenters. The van der Waals surface area contributed by atoms with E-state index in [0.29, 0.717) is 30.2 Å². The van der Waals surface area contributed by atoms with E-state index >= 15 is 0 Å². The Morgan fingerprint density at radius 3 is 2.54 bits per heavy atom. The number of rotatable bonds is 5. The summed E-state index contributed by atoms with van der Waals surface area (Å²) in [7, 11) is 0. The van der Waals surface area contributed by atoms with Crippen LogP contribution >= 0.6 is 11.3 Å². The van der Waals surface area contributed by atoms with Gasteiger partial charge >= 0.3 is 0 Å². The monoisotopic (exact) mass is 491 g/mol.